The van der Waals surface area contributed by atoms with Gasteiger partial charge < -0.3 is 90.0 Å². The molecule has 12 nitrogen and oxygen atoms in total. The predicted molar refractivity (Wildman–Crippen MR) is 563 cm³/mol. The first-order valence-corrected chi connectivity index (χ1v) is 56.5. The van der Waals surface area contributed by atoms with Gasteiger partial charge in [-0.25, -0.2) is 0 Å². The van der Waals surface area contributed by atoms with Crippen LogP contribution in [0.2, 0.25) is 0 Å². The summed E-state index contributed by atoms with van der Waals surface area (Å²) in [5.41, 5.74) is 5.16. The Kier molecular flexibility index (Phi) is 84.2. The summed E-state index contributed by atoms with van der Waals surface area (Å²) in [4.78, 5) is 0. The van der Waals surface area contributed by atoms with E-state index >= 15 is 0 Å². The van der Waals surface area contributed by atoms with Gasteiger partial charge in [-0.15, -0.1) is 0 Å². The van der Waals surface area contributed by atoms with Crippen LogP contribution >= 0.6 is 0 Å². The van der Waals surface area contributed by atoms with Crippen molar-refractivity contribution in [1.82, 2.24) is 0 Å². The average Bonchev–Trinajstić information content (AvgIpc) is 1.62. The van der Waals surface area contributed by atoms with Crippen molar-refractivity contribution < 1.29 is 122 Å². The van der Waals surface area contributed by atoms with Crippen LogP contribution < -0.4 is 0 Å². The average molecular weight is 2010 g/mol. The van der Waals surface area contributed by atoms with Crippen molar-refractivity contribution in [2.75, 3.05) is 112 Å². The van der Waals surface area contributed by atoms with Gasteiger partial charge in [-0.1, -0.05) is 268 Å². The molecule has 0 aromatic rings. The van der Waals surface area contributed by atoms with E-state index in [2.05, 4.69) is 90.0 Å². The van der Waals surface area contributed by atoms with E-state index in [0.717, 1.165) is 179 Å². The van der Waals surface area contributed by atoms with Crippen LogP contribution in [0.1, 0.15) is 500 Å². The summed E-state index contributed by atoms with van der Waals surface area (Å²) in [6, 6.07) is 0. The van der Waals surface area contributed by atoms with E-state index < -0.39 is 0 Å². The Morgan fingerprint density at radius 2 is 0.603 bits per heavy atom. The third-order valence-corrected chi connectivity index (χ3v) is 32.0. The van der Waals surface area contributed by atoms with E-state index in [1.54, 1.807) is 0 Å². The van der Waals surface area contributed by atoms with Gasteiger partial charge in [0.15, 0.2) is 0 Å². The summed E-state index contributed by atoms with van der Waals surface area (Å²) in [5, 5.41) is 0. The van der Waals surface area contributed by atoms with Gasteiger partial charge in [0, 0.05) is 131 Å². The van der Waals surface area contributed by atoms with E-state index in [4.69, 9.17) is 56.8 Å². The number of ether oxygens (including phenoxy) is 12. The fourth-order valence-corrected chi connectivity index (χ4v) is 21.7. The van der Waals surface area contributed by atoms with Gasteiger partial charge in [0.1, 0.15) is 0 Å². The topological polar surface area (TPSA) is 111 Å². The fourth-order valence-electron chi connectivity index (χ4n) is 21.7. The molecule has 10 spiro atoms. The maximum Gasteiger partial charge on any atom is 0.0708 e. The summed E-state index contributed by atoms with van der Waals surface area (Å²) < 4.78 is 65.8. The summed E-state index contributed by atoms with van der Waals surface area (Å²) in [5.74, 6) is 8.26. The second-order valence-electron chi connectivity index (χ2n) is 40.0. The maximum absolute atomic E-state index is 5.69. The largest absolute Gasteiger partial charge is 0.416 e. The van der Waals surface area contributed by atoms with Gasteiger partial charge in [0.25, 0.3) is 0 Å². The zero-order valence-electron chi connectivity index (χ0n) is 94.3. The van der Waals surface area contributed by atoms with Crippen LogP contribution in [-0.2, 0) is 122 Å². The number of hydrogen-bond acceptors (Lipinski definition) is 12. The van der Waals surface area contributed by atoms with Gasteiger partial charge >= 0.3 is 0 Å². The molecule has 131 heavy (non-hydrogen) atoms. The molecule has 12 heterocycles. The quantitative estimate of drug-likeness (QED) is 0.233. The minimum atomic E-state index is -0.0278. The molecule has 22 fully saturated rings. The summed E-state index contributed by atoms with van der Waals surface area (Å²) >= 11 is 0. The molecule has 10 aliphatic carbocycles. The van der Waals surface area contributed by atoms with Crippen LogP contribution in [0.5, 0.6) is 0 Å². The first kappa shape index (κ1) is 141. The van der Waals surface area contributed by atoms with Crippen LogP contribution in [0, 0.1) is 107 Å². The van der Waals surface area contributed by atoms with Gasteiger partial charge in [0.2, 0.25) is 0 Å². The molecule has 0 bridgehead atoms. The zero-order valence-corrected chi connectivity index (χ0v) is 99.9. The molecule has 786 valence electrons. The van der Waals surface area contributed by atoms with Crippen molar-refractivity contribution in [3.63, 3.8) is 0 Å². The van der Waals surface area contributed by atoms with Crippen molar-refractivity contribution in [2.45, 2.75) is 540 Å². The standard InChI is InChI=1S/10C8H14O.2C6H10O.12C2H6.CH4.2Y/c1-7-3-5-8(7)4-2-6-9-8;2*1-7-3-6-9-8(7)4-2-5-8;1-7-2-3-8(7)4-5-9-6-8;2*1-7-5-9-6-8(7)3-2-4-8;2*1-7-5-8(6-9-7)3-2-4-8;2*1-7-5-8(9-6-7)3-2-4-8;1-6(2)3-4-7-5-6;1-2-6-3-4-7-5-6;12*1-2;;;/h10*7H,2-6H2,1H3;2*1-5H2;12*1-2H3;1H4;;/q;;;;;;;;;;2*-2;;;;;;;;;;;;;;;. The Bertz CT molecular complexity index is 2190. The first-order chi connectivity index (χ1) is 61.9. The minimum Gasteiger partial charge on any atom is -0.416 e. The molecule has 12 saturated heterocycles. The van der Waals surface area contributed by atoms with Crippen molar-refractivity contribution in [1.29, 1.82) is 0 Å². The number of rotatable bonds is 1. The molecule has 10 saturated carbocycles. The van der Waals surface area contributed by atoms with Crippen molar-refractivity contribution in [2.24, 2.45) is 79.8 Å². The van der Waals surface area contributed by atoms with Gasteiger partial charge in [-0.05, 0) is 307 Å². The summed E-state index contributed by atoms with van der Waals surface area (Å²) in [7, 11) is 0. The summed E-state index contributed by atoms with van der Waals surface area (Å²) in [6.07, 6.45) is 55.0. The SMILES string of the molecule is C.CC.CC.CC.CC.CC.CC.CC.CC.CC.CC.CC.CC.CC1CC2(CCC2)CO1.CC1CC2(CCC2)CO1.CC1CCC12CCCO2.CC1CCC12CCOC2.CC1CCOC12CCC2.CC1CCOC12CCC2.CC1COC2(CCC2)C1.CC1COC2(CCC2)C1.CC1COCC12CCC2.CC1COCC12CCC2.[CH2-]C1([CH2-])CCOC1.[CH2-]C[C-]1CCOC1.[Y].[Y]. The van der Waals surface area contributed by atoms with E-state index in [-0.39, 0.29) is 78.3 Å². The molecule has 0 N–H and O–H groups in total. The molecule has 12 atom stereocenters. The van der Waals surface area contributed by atoms with Crippen LogP contribution in [-0.4, -0.2) is 153 Å². The van der Waals surface area contributed by atoms with Crippen LogP contribution in [0.4, 0.5) is 0 Å². The van der Waals surface area contributed by atoms with Crippen molar-refractivity contribution in [3.05, 3.63) is 26.7 Å². The second kappa shape index (κ2) is 78.1. The molecular formula is C117H236O12Y2-4. The molecule has 22 aliphatic rings. The molecule has 12 aliphatic heterocycles. The van der Waals surface area contributed by atoms with Crippen molar-refractivity contribution in [3.8, 4) is 0 Å². The fraction of sp³-hybridized carbons (Fsp3) is 0.966. The van der Waals surface area contributed by atoms with E-state index in [1.165, 1.54) is 243 Å². The Morgan fingerprint density at radius 1 is 0.275 bits per heavy atom. The third kappa shape index (κ3) is 45.1. The monoisotopic (exact) mass is 2010 g/mol. The minimum absolute atomic E-state index is 0. The molecule has 2 radical (unpaired) electrons. The van der Waals surface area contributed by atoms with Crippen LogP contribution in [0.25, 0.3) is 0 Å². The molecule has 0 aromatic carbocycles. The zero-order chi connectivity index (χ0) is 97.6. The van der Waals surface area contributed by atoms with Crippen molar-refractivity contribution >= 4 is 0 Å². The van der Waals surface area contributed by atoms with Gasteiger partial charge in [-0.3, -0.25) is 5.41 Å². The van der Waals surface area contributed by atoms with E-state index in [0.29, 0.717) is 67.3 Å². The van der Waals surface area contributed by atoms with Crippen LogP contribution in [0.15, 0.2) is 0 Å². The van der Waals surface area contributed by atoms with E-state index in [9.17, 15) is 0 Å². The van der Waals surface area contributed by atoms with Crippen LogP contribution in [0.3, 0.4) is 0 Å². The normalized spacial score (nSPS) is 31.6. The molecule has 12 unspecified atom stereocenters. The van der Waals surface area contributed by atoms with E-state index in [1.807, 2.05) is 166 Å². The smallest absolute Gasteiger partial charge is 0.0708 e. The number of hydrogen-bond donors (Lipinski definition) is 0. The molecule has 0 amide bonds. The Balaban J connectivity index is -0.000000431. The molecule has 14 heteroatoms. The Hall–Kier alpha value is 1.73. The third-order valence-electron chi connectivity index (χ3n) is 32.0. The van der Waals surface area contributed by atoms with Gasteiger partial charge in [0.05, 0.1) is 73.2 Å². The summed E-state index contributed by atoms with van der Waals surface area (Å²) in [6.45, 7) is 99.1. The maximum atomic E-state index is 5.69. The first-order valence-electron chi connectivity index (χ1n) is 56.5. The molecule has 22 rings (SSSR count). The molecular weight excluding hydrogens is 1780 g/mol. The molecule has 0 aromatic heterocycles. The Labute approximate surface area is 873 Å². The predicted octanol–water partition coefficient (Wildman–Crippen LogP) is 34.4. The second-order valence-corrected chi connectivity index (χ2v) is 40.0. The Morgan fingerprint density at radius 3 is 0.718 bits per heavy atom. The van der Waals surface area contributed by atoms with Gasteiger partial charge in [-0.2, -0.15) is 6.42 Å².